The molecule has 0 saturated heterocycles. The summed E-state index contributed by atoms with van der Waals surface area (Å²) >= 11 is 0. The van der Waals surface area contributed by atoms with E-state index in [0.29, 0.717) is 28.0 Å². The molecule has 0 saturated carbocycles. The third-order valence-corrected chi connectivity index (χ3v) is 2.48. The van der Waals surface area contributed by atoms with Crippen molar-refractivity contribution in [2.24, 2.45) is 0 Å². The molecule has 0 amide bonds. The van der Waals surface area contributed by atoms with E-state index in [9.17, 15) is 4.39 Å². The molecule has 0 atom stereocenters. The molecule has 3 rings (SSSR count). The average Bonchev–Trinajstić information content (AvgIpc) is 2.72. The molecule has 0 aliphatic rings. The fourth-order valence-electron chi connectivity index (χ4n) is 1.70. The molecule has 0 spiro atoms. The normalized spacial score (nSPS) is 10.9. The monoisotopic (exact) mass is 229 g/mol. The van der Waals surface area contributed by atoms with Crippen LogP contribution in [0.4, 0.5) is 10.1 Å². The molecule has 0 unspecified atom stereocenters. The second kappa shape index (κ2) is 3.55. The molecule has 0 aliphatic carbocycles. The van der Waals surface area contributed by atoms with Crippen molar-refractivity contribution in [2.75, 3.05) is 5.73 Å². The number of anilines is 1. The summed E-state index contributed by atoms with van der Waals surface area (Å²) in [6.45, 7) is 0. The van der Waals surface area contributed by atoms with Gasteiger partial charge >= 0.3 is 0 Å². The number of nitrogen functional groups attached to an aromatic ring is 1. The minimum Gasteiger partial charge on any atom is -0.397 e. The first kappa shape index (κ1) is 9.77. The average molecular weight is 229 g/mol. The van der Waals surface area contributed by atoms with Crippen LogP contribution in [0, 0.1) is 5.82 Å². The third kappa shape index (κ3) is 1.52. The molecule has 2 aromatic heterocycles. The van der Waals surface area contributed by atoms with Crippen LogP contribution in [0.25, 0.3) is 22.4 Å². The van der Waals surface area contributed by atoms with Crippen LogP contribution in [0.15, 0.2) is 41.1 Å². The van der Waals surface area contributed by atoms with Gasteiger partial charge in [0, 0.05) is 5.56 Å². The highest BCUT2D eigenvalue weighted by molar-refractivity contribution is 5.91. The van der Waals surface area contributed by atoms with E-state index in [0.717, 1.165) is 0 Å². The number of hydrogen-bond acceptors (Lipinski definition) is 4. The molecule has 4 nitrogen and oxygen atoms in total. The van der Waals surface area contributed by atoms with Crippen LogP contribution in [0.3, 0.4) is 0 Å². The van der Waals surface area contributed by atoms with E-state index in [4.69, 9.17) is 10.3 Å². The Kier molecular flexibility index (Phi) is 2.04. The summed E-state index contributed by atoms with van der Waals surface area (Å²) in [5.74, 6) is -0.356. The Hall–Kier alpha value is -2.43. The van der Waals surface area contributed by atoms with E-state index in [-0.39, 0.29) is 5.82 Å². The molecule has 3 aromatic rings. The van der Waals surface area contributed by atoms with Gasteiger partial charge in [0.2, 0.25) is 0 Å². The lowest BCUT2D eigenvalue weighted by molar-refractivity contribution is 0.451. The van der Waals surface area contributed by atoms with Gasteiger partial charge in [0.05, 0.1) is 17.3 Å². The molecule has 0 radical (unpaired) electrons. The Morgan fingerprint density at radius 3 is 2.88 bits per heavy atom. The van der Waals surface area contributed by atoms with Crippen LogP contribution in [0.2, 0.25) is 0 Å². The maximum atomic E-state index is 13.6. The molecule has 5 heteroatoms. The summed E-state index contributed by atoms with van der Waals surface area (Å²) in [7, 11) is 0. The highest BCUT2D eigenvalue weighted by atomic mass is 19.1. The zero-order valence-corrected chi connectivity index (χ0v) is 8.72. The van der Waals surface area contributed by atoms with Crippen LogP contribution in [0.1, 0.15) is 0 Å². The topological polar surface area (TPSA) is 64.9 Å². The van der Waals surface area contributed by atoms with Crippen molar-refractivity contribution in [2.45, 2.75) is 0 Å². The molecule has 0 fully saturated rings. The predicted octanol–water partition coefficient (Wildman–Crippen LogP) is 2.61. The number of aromatic nitrogens is 2. The van der Waals surface area contributed by atoms with Crippen molar-refractivity contribution in [3.8, 4) is 11.3 Å². The number of nitrogens with two attached hydrogens (primary N) is 1. The Balaban J connectivity index is 2.31. The quantitative estimate of drug-likeness (QED) is 0.696. The van der Waals surface area contributed by atoms with Crippen molar-refractivity contribution in [1.29, 1.82) is 0 Å². The second-order valence-corrected chi connectivity index (χ2v) is 3.63. The van der Waals surface area contributed by atoms with Gasteiger partial charge in [-0.2, -0.15) is 0 Å². The van der Waals surface area contributed by atoms with Gasteiger partial charge in [0.1, 0.15) is 11.5 Å². The first-order chi connectivity index (χ1) is 8.25. The molecular formula is C12H8FN3O. The van der Waals surface area contributed by atoms with Crippen molar-refractivity contribution in [3.63, 3.8) is 0 Å². The van der Waals surface area contributed by atoms with E-state index in [1.54, 1.807) is 24.3 Å². The standard InChI is InChI=1S/C12H8FN3O/c13-10-4-2-1-3-8(10)11-9-5-7(14)6-15-12(9)17-16-11/h1-6H,14H2. The van der Waals surface area contributed by atoms with Gasteiger partial charge in [-0.05, 0) is 18.2 Å². The van der Waals surface area contributed by atoms with Crippen LogP contribution < -0.4 is 5.73 Å². The van der Waals surface area contributed by atoms with Gasteiger partial charge < -0.3 is 10.3 Å². The van der Waals surface area contributed by atoms with E-state index < -0.39 is 0 Å². The van der Waals surface area contributed by atoms with Crippen molar-refractivity contribution < 1.29 is 8.91 Å². The van der Waals surface area contributed by atoms with Gasteiger partial charge in [-0.15, -0.1) is 0 Å². The summed E-state index contributed by atoms with van der Waals surface area (Å²) in [5, 5.41) is 4.44. The van der Waals surface area contributed by atoms with E-state index in [1.807, 2.05) is 0 Å². The van der Waals surface area contributed by atoms with Gasteiger partial charge in [-0.1, -0.05) is 17.3 Å². The second-order valence-electron chi connectivity index (χ2n) is 3.63. The smallest absolute Gasteiger partial charge is 0.258 e. The van der Waals surface area contributed by atoms with Crippen molar-refractivity contribution in [1.82, 2.24) is 10.1 Å². The maximum absolute atomic E-state index is 13.6. The number of nitrogens with zero attached hydrogens (tertiary/aromatic N) is 2. The Morgan fingerprint density at radius 2 is 2.06 bits per heavy atom. The number of halogens is 1. The van der Waals surface area contributed by atoms with E-state index >= 15 is 0 Å². The summed E-state index contributed by atoms with van der Waals surface area (Å²) in [5.41, 5.74) is 7.26. The molecule has 84 valence electrons. The summed E-state index contributed by atoms with van der Waals surface area (Å²) in [6, 6.07) is 8.03. The lowest BCUT2D eigenvalue weighted by atomic mass is 10.1. The summed E-state index contributed by atoms with van der Waals surface area (Å²) in [4.78, 5) is 3.98. The van der Waals surface area contributed by atoms with Crippen LogP contribution in [0.5, 0.6) is 0 Å². The number of rotatable bonds is 1. The van der Waals surface area contributed by atoms with Crippen LogP contribution >= 0.6 is 0 Å². The number of pyridine rings is 1. The summed E-state index contributed by atoms with van der Waals surface area (Å²) in [6.07, 6.45) is 1.47. The minimum atomic E-state index is -0.356. The minimum absolute atomic E-state index is 0.345. The highest BCUT2D eigenvalue weighted by Crippen LogP contribution is 2.29. The maximum Gasteiger partial charge on any atom is 0.258 e. The number of fused-ring (bicyclic) bond motifs is 1. The first-order valence-electron chi connectivity index (χ1n) is 5.01. The largest absolute Gasteiger partial charge is 0.397 e. The van der Waals surface area contributed by atoms with Crippen molar-refractivity contribution >= 4 is 16.8 Å². The lowest BCUT2D eigenvalue weighted by Crippen LogP contribution is -1.87. The van der Waals surface area contributed by atoms with E-state index in [2.05, 4.69) is 10.1 Å². The molecule has 2 N–H and O–H groups in total. The molecule has 1 aromatic carbocycles. The van der Waals surface area contributed by atoms with Crippen LogP contribution in [-0.4, -0.2) is 10.1 Å². The van der Waals surface area contributed by atoms with Gasteiger partial charge in [-0.25, -0.2) is 9.37 Å². The summed E-state index contributed by atoms with van der Waals surface area (Å²) < 4.78 is 18.7. The van der Waals surface area contributed by atoms with Crippen LogP contribution in [-0.2, 0) is 0 Å². The molecular weight excluding hydrogens is 221 g/mol. The zero-order valence-electron chi connectivity index (χ0n) is 8.72. The Bertz CT molecular complexity index is 693. The molecule has 0 aliphatic heterocycles. The molecule has 2 heterocycles. The Labute approximate surface area is 95.9 Å². The third-order valence-electron chi connectivity index (χ3n) is 2.48. The number of benzene rings is 1. The predicted molar refractivity (Wildman–Crippen MR) is 61.6 cm³/mol. The van der Waals surface area contributed by atoms with Gasteiger partial charge in [0.25, 0.3) is 5.71 Å². The first-order valence-corrected chi connectivity index (χ1v) is 5.01. The van der Waals surface area contributed by atoms with Gasteiger partial charge in [0.15, 0.2) is 0 Å². The molecule has 0 bridgehead atoms. The van der Waals surface area contributed by atoms with E-state index in [1.165, 1.54) is 12.3 Å². The molecule has 17 heavy (non-hydrogen) atoms. The zero-order chi connectivity index (χ0) is 11.8. The number of hydrogen-bond donors (Lipinski definition) is 1. The SMILES string of the molecule is Nc1cnc2onc(-c3ccccc3F)c2c1. The lowest BCUT2D eigenvalue weighted by Gasteiger charge is -1.98. The Morgan fingerprint density at radius 1 is 1.24 bits per heavy atom. The fraction of sp³-hybridized carbons (Fsp3) is 0. The fourth-order valence-corrected chi connectivity index (χ4v) is 1.70. The van der Waals surface area contributed by atoms with Gasteiger partial charge in [-0.3, -0.25) is 0 Å². The van der Waals surface area contributed by atoms with Crippen molar-refractivity contribution in [3.05, 3.63) is 42.3 Å². The highest BCUT2D eigenvalue weighted by Gasteiger charge is 2.14.